The minimum absolute atomic E-state index is 0.0535. The lowest BCUT2D eigenvalue weighted by molar-refractivity contribution is 0.0915. The summed E-state index contributed by atoms with van der Waals surface area (Å²) in [4.78, 5) is 30.4. The number of oxazole rings is 1. The molecule has 1 fully saturated rings. The van der Waals surface area contributed by atoms with Crippen molar-refractivity contribution in [1.82, 2.24) is 15.2 Å². The molecule has 2 aliphatic heterocycles. The third-order valence-corrected chi connectivity index (χ3v) is 5.09. The zero-order valence-corrected chi connectivity index (χ0v) is 14.1. The van der Waals surface area contributed by atoms with E-state index in [2.05, 4.69) is 15.6 Å². The Morgan fingerprint density at radius 1 is 1.38 bits per heavy atom. The molecule has 0 bridgehead atoms. The zero-order chi connectivity index (χ0) is 18.1. The number of anilines is 1. The van der Waals surface area contributed by atoms with Gasteiger partial charge in [0, 0.05) is 36.3 Å². The number of fused-ring (bicyclic) bond motifs is 1. The molecule has 1 aromatic heterocycles. The van der Waals surface area contributed by atoms with Gasteiger partial charge in [-0.1, -0.05) is 0 Å². The van der Waals surface area contributed by atoms with E-state index >= 15 is 0 Å². The molecule has 0 aliphatic carbocycles. The molecule has 1 saturated heterocycles. The Hall–Kier alpha value is -2.90. The van der Waals surface area contributed by atoms with Crippen LogP contribution in [-0.2, 0) is 6.54 Å². The molecule has 0 unspecified atom stereocenters. The van der Waals surface area contributed by atoms with Gasteiger partial charge in [-0.3, -0.25) is 4.79 Å². The summed E-state index contributed by atoms with van der Waals surface area (Å²) in [6, 6.07) is 4.09. The number of rotatable bonds is 2. The molecule has 26 heavy (non-hydrogen) atoms. The Morgan fingerprint density at radius 3 is 2.92 bits per heavy atom. The lowest BCUT2D eigenvalue weighted by Gasteiger charge is -2.45. The number of carbonyl (C=O) groups is 2. The third kappa shape index (κ3) is 3.14. The number of hydrogen-bond donors (Lipinski definition) is 2. The van der Waals surface area contributed by atoms with Gasteiger partial charge in [0.05, 0.1) is 12.2 Å². The van der Waals surface area contributed by atoms with E-state index in [0.29, 0.717) is 55.8 Å². The average Bonchev–Trinajstić information content (AvgIpc) is 3.15. The Morgan fingerprint density at radius 2 is 2.19 bits per heavy atom. The van der Waals surface area contributed by atoms with Crippen molar-refractivity contribution in [1.29, 1.82) is 0 Å². The number of aromatic nitrogens is 1. The van der Waals surface area contributed by atoms with Crippen LogP contribution in [-0.4, -0.2) is 40.3 Å². The molecule has 2 N–H and O–H groups in total. The smallest absolute Gasteiger partial charge is 0.317 e. The van der Waals surface area contributed by atoms with E-state index in [1.54, 1.807) is 11.0 Å². The number of amides is 2. The van der Waals surface area contributed by atoms with Crippen molar-refractivity contribution in [2.24, 2.45) is 0 Å². The number of ketones is 1. The van der Waals surface area contributed by atoms with Crippen LogP contribution in [0.5, 0.6) is 0 Å². The molecule has 0 radical (unpaired) electrons. The Labute approximate surface area is 149 Å². The van der Waals surface area contributed by atoms with Crippen molar-refractivity contribution < 1.29 is 18.4 Å². The number of halogens is 1. The molecule has 0 atom stereocenters. The normalized spacial score (nSPS) is 18.3. The number of benzene rings is 1. The highest BCUT2D eigenvalue weighted by molar-refractivity contribution is 6.04. The number of hydrogen-bond acceptors (Lipinski definition) is 5. The monoisotopic (exact) mass is 358 g/mol. The summed E-state index contributed by atoms with van der Waals surface area (Å²) in [5.41, 5.74) is 1.37. The highest BCUT2D eigenvalue weighted by atomic mass is 19.1. The molecule has 2 amide bonds. The third-order valence-electron chi connectivity index (χ3n) is 5.09. The van der Waals surface area contributed by atoms with Gasteiger partial charge >= 0.3 is 6.03 Å². The summed E-state index contributed by atoms with van der Waals surface area (Å²) in [5.74, 6) is -0.462. The average molecular weight is 358 g/mol. The summed E-state index contributed by atoms with van der Waals surface area (Å²) < 4.78 is 18.2. The SMILES string of the molecule is O=C1CC2(CCN(C(=O)NCc3cocn3)CC2)Nc2ccc(F)cc21. The predicted molar refractivity (Wildman–Crippen MR) is 91.2 cm³/mol. The van der Waals surface area contributed by atoms with Gasteiger partial charge in [0.15, 0.2) is 12.2 Å². The molecule has 7 nitrogen and oxygen atoms in total. The van der Waals surface area contributed by atoms with Crippen LogP contribution in [0.4, 0.5) is 14.9 Å². The van der Waals surface area contributed by atoms with E-state index in [1.165, 1.54) is 24.8 Å². The van der Waals surface area contributed by atoms with Gasteiger partial charge in [-0.25, -0.2) is 14.2 Å². The largest absolute Gasteiger partial charge is 0.451 e. The van der Waals surface area contributed by atoms with Gasteiger partial charge in [-0.15, -0.1) is 0 Å². The number of Topliss-reactive ketones (excluding diaryl/α,β-unsaturated/α-hetero) is 1. The lowest BCUT2D eigenvalue weighted by atomic mass is 9.78. The minimum Gasteiger partial charge on any atom is -0.451 e. The lowest BCUT2D eigenvalue weighted by Crippen LogP contribution is -2.55. The first kappa shape index (κ1) is 16.6. The molecule has 2 aromatic rings. The van der Waals surface area contributed by atoms with E-state index in [4.69, 9.17) is 4.42 Å². The minimum atomic E-state index is -0.409. The Kier molecular flexibility index (Phi) is 4.10. The summed E-state index contributed by atoms with van der Waals surface area (Å²) in [6.07, 6.45) is 4.45. The first-order valence-electron chi connectivity index (χ1n) is 8.55. The number of piperidine rings is 1. The highest BCUT2D eigenvalue weighted by Gasteiger charge is 2.41. The Balaban J connectivity index is 1.38. The molecule has 1 aromatic carbocycles. The van der Waals surface area contributed by atoms with E-state index in [9.17, 15) is 14.0 Å². The number of urea groups is 1. The van der Waals surface area contributed by atoms with Gasteiger partial charge in [0.25, 0.3) is 0 Å². The van der Waals surface area contributed by atoms with Crippen LogP contribution in [0.3, 0.4) is 0 Å². The highest BCUT2D eigenvalue weighted by Crippen LogP contribution is 2.37. The first-order chi connectivity index (χ1) is 12.5. The van der Waals surface area contributed by atoms with Gasteiger partial charge < -0.3 is 20.0 Å². The summed E-state index contributed by atoms with van der Waals surface area (Å²) >= 11 is 0. The molecular formula is C18H19FN4O3. The van der Waals surface area contributed by atoms with Gasteiger partial charge in [-0.05, 0) is 31.0 Å². The van der Waals surface area contributed by atoms with Crippen LogP contribution in [0.1, 0.15) is 35.3 Å². The van der Waals surface area contributed by atoms with E-state index in [1.807, 2.05) is 0 Å². The van der Waals surface area contributed by atoms with Gasteiger partial charge in [0.2, 0.25) is 0 Å². The van der Waals surface area contributed by atoms with Crippen LogP contribution in [0.25, 0.3) is 0 Å². The molecular weight excluding hydrogens is 339 g/mol. The van der Waals surface area contributed by atoms with Crippen molar-refractivity contribution in [3.05, 3.63) is 47.9 Å². The molecule has 2 aliphatic rings. The Bertz CT molecular complexity index is 829. The maximum atomic E-state index is 13.4. The molecule has 136 valence electrons. The van der Waals surface area contributed by atoms with Crippen molar-refractivity contribution in [3.63, 3.8) is 0 Å². The van der Waals surface area contributed by atoms with Crippen molar-refractivity contribution in [3.8, 4) is 0 Å². The molecule has 1 spiro atoms. The summed E-state index contributed by atoms with van der Waals surface area (Å²) in [6.45, 7) is 1.40. The summed E-state index contributed by atoms with van der Waals surface area (Å²) in [7, 11) is 0. The van der Waals surface area contributed by atoms with Crippen LogP contribution < -0.4 is 10.6 Å². The van der Waals surface area contributed by atoms with Crippen LogP contribution in [0.2, 0.25) is 0 Å². The van der Waals surface area contributed by atoms with Gasteiger partial charge in [-0.2, -0.15) is 0 Å². The number of nitrogens with one attached hydrogen (secondary N) is 2. The van der Waals surface area contributed by atoms with Crippen LogP contribution >= 0.6 is 0 Å². The molecule has 3 heterocycles. The standard InChI is InChI=1S/C18H19FN4O3/c19-12-1-2-15-14(7-12)16(24)8-18(22-15)3-5-23(6-4-18)17(25)20-9-13-10-26-11-21-13/h1-2,7,10-11,22H,3-6,8-9H2,(H,20,25). The molecule has 8 heteroatoms. The first-order valence-corrected chi connectivity index (χ1v) is 8.55. The van der Waals surface area contributed by atoms with E-state index in [-0.39, 0.29) is 17.4 Å². The topological polar surface area (TPSA) is 87.5 Å². The second-order valence-corrected chi connectivity index (χ2v) is 6.82. The van der Waals surface area contributed by atoms with Gasteiger partial charge in [0.1, 0.15) is 12.1 Å². The second-order valence-electron chi connectivity index (χ2n) is 6.82. The van der Waals surface area contributed by atoms with Crippen LogP contribution in [0, 0.1) is 5.82 Å². The van der Waals surface area contributed by atoms with Crippen molar-refractivity contribution in [2.45, 2.75) is 31.3 Å². The van der Waals surface area contributed by atoms with Crippen molar-refractivity contribution >= 4 is 17.5 Å². The number of carbonyl (C=O) groups excluding carboxylic acids is 2. The maximum Gasteiger partial charge on any atom is 0.317 e. The molecule has 0 saturated carbocycles. The van der Waals surface area contributed by atoms with E-state index in [0.717, 1.165) is 0 Å². The number of likely N-dealkylation sites (tertiary alicyclic amines) is 1. The number of nitrogens with zero attached hydrogens (tertiary/aromatic N) is 2. The predicted octanol–water partition coefficient (Wildman–Crippen LogP) is 2.56. The zero-order valence-electron chi connectivity index (χ0n) is 14.1. The van der Waals surface area contributed by atoms with Crippen LogP contribution in [0.15, 0.2) is 35.3 Å². The summed E-state index contributed by atoms with van der Waals surface area (Å²) in [5, 5.41) is 6.23. The van der Waals surface area contributed by atoms with E-state index < -0.39 is 5.82 Å². The fraction of sp³-hybridized carbons (Fsp3) is 0.389. The quantitative estimate of drug-likeness (QED) is 0.861. The fourth-order valence-electron chi connectivity index (χ4n) is 3.63. The maximum absolute atomic E-state index is 13.4. The van der Waals surface area contributed by atoms with Crippen molar-refractivity contribution in [2.75, 3.05) is 18.4 Å². The fourth-order valence-corrected chi connectivity index (χ4v) is 3.63. The second kappa shape index (κ2) is 6.44. The molecule has 4 rings (SSSR count).